The molecule has 8 heteroatoms. The first-order chi connectivity index (χ1) is 9.90. The van der Waals surface area contributed by atoms with Gasteiger partial charge in [-0.2, -0.15) is 0 Å². The van der Waals surface area contributed by atoms with Crippen LogP contribution in [-0.2, 0) is 11.8 Å². The normalized spacial score (nSPS) is 16.0. The minimum Gasteiger partial charge on any atom is -0.481 e. The molecule has 8 nitrogen and oxygen atoms in total. The first-order valence-electron chi connectivity index (χ1n) is 6.71. The summed E-state index contributed by atoms with van der Waals surface area (Å²) in [6.07, 6.45) is 1.41. The molecule has 0 bridgehead atoms. The number of amides is 1. The predicted molar refractivity (Wildman–Crippen MR) is 72.9 cm³/mol. The Kier molecular flexibility index (Phi) is 4.25. The number of carbonyl (C=O) groups excluding carboxylic acids is 1. The Morgan fingerprint density at radius 2 is 2.00 bits per heavy atom. The number of carbonyl (C=O) groups is 2. The molecule has 1 saturated heterocycles. The smallest absolute Gasteiger partial charge is 0.323 e. The summed E-state index contributed by atoms with van der Waals surface area (Å²) >= 11 is 0. The van der Waals surface area contributed by atoms with Crippen molar-refractivity contribution in [3.8, 4) is 0 Å². The van der Waals surface area contributed by atoms with E-state index >= 15 is 0 Å². The van der Waals surface area contributed by atoms with Crippen LogP contribution in [0.3, 0.4) is 0 Å². The number of hydrogen-bond donors (Lipinski definition) is 1. The van der Waals surface area contributed by atoms with Crippen molar-refractivity contribution in [3.05, 3.63) is 27.9 Å². The molecule has 0 atom stereocenters. The second kappa shape index (κ2) is 5.94. The SMILES string of the molecule is Cn1c(C(=O)N2CCC(CC(=O)O)CC2)ccc1[N+](=O)[O-]. The van der Waals surface area contributed by atoms with E-state index in [4.69, 9.17) is 5.11 Å². The monoisotopic (exact) mass is 295 g/mol. The molecule has 1 aromatic rings. The highest BCUT2D eigenvalue weighted by molar-refractivity contribution is 5.93. The third kappa shape index (κ3) is 3.21. The topological polar surface area (TPSA) is 106 Å². The van der Waals surface area contributed by atoms with Crippen LogP contribution in [0.2, 0.25) is 0 Å². The van der Waals surface area contributed by atoms with Gasteiger partial charge in [0, 0.05) is 25.6 Å². The van der Waals surface area contributed by atoms with Gasteiger partial charge in [0.2, 0.25) is 0 Å². The molecule has 114 valence electrons. The van der Waals surface area contributed by atoms with Crippen LogP contribution >= 0.6 is 0 Å². The number of carboxylic acids is 1. The lowest BCUT2D eigenvalue weighted by atomic mass is 9.93. The van der Waals surface area contributed by atoms with Crippen LogP contribution in [0.1, 0.15) is 29.8 Å². The van der Waals surface area contributed by atoms with E-state index in [0.717, 1.165) is 0 Å². The Morgan fingerprint density at radius 3 is 2.48 bits per heavy atom. The van der Waals surface area contributed by atoms with Crippen LogP contribution in [0, 0.1) is 16.0 Å². The standard InChI is InChI=1S/C13H17N3O5/c1-14-10(2-3-11(14)16(20)21)13(19)15-6-4-9(5-7-15)8-12(17)18/h2-3,9H,4-8H2,1H3,(H,17,18). The summed E-state index contributed by atoms with van der Waals surface area (Å²) in [6, 6.07) is 2.76. The molecule has 0 unspecified atom stereocenters. The molecule has 1 aliphatic heterocycles. The minimum atomic E-state index is -0.821. The van der Waals surface area contributed by atoms with Gasteiger partial charge in [0.1, 0.15) is 0 Å². The van der Waals surface area contributed by atoms with Gasteiger partial charge in [0.05, 0.1) is 7.05 Å². The number of piperidine rings is 1. The summed E-state index contributed by atoms with van der Waals surface area (Å²) in [5, 5.41) is 19.5. The highest BCUT2D eigenvalue weighted by Crippen LogP contribution is 2.23. The summed E-state index contributed by atoms with van der Waals surface area (Å²) in [5.41, 5.74) is 0.276. The van der Waals surface area contributed by atoms with Gasteiger partial charge in [-0.3, -0.25) is 9.59 Å². The first kappa shape index (κ1) is 15.0. The number of rotatable bonds is 4. The Hall–Kier alpha value is -2.38. The molecule has 2 heterocycles. The van der Waals surface area contributed by atoms with Crippen LogP contribution in [0.15, 0.2) is 12.1 Å². The third-order valence-corrected chi connectivity index (χ3v) is 3.87. The molecule has 0 saturated carbocycles. The van der Waals surface area contributed by atoms with Gasteiger partial charge >= 0.3 is 11.8 Å². The number of likely N-dealkylation sites (tertiary alicyclic amines) is 1. The number of carboxylic acid groups (broad SMARTS) is 1. The number of aromatic nitrogens is 1. The van der Waals surface area contributed by atoms with E-state index in [0.29, 0.717) is 25.9 Å². The molecule has 0 aliphatic carbocycles. The number of aliphatic carboxylic acids is 1. The van der Waals surface area contributed by atoms with Crippen molar-refractivity contribution < 1.29 is 19.6 Å². The molecule has 1 N–H and O–H groups in total. The lowest BCUT2D eigenvalue weighted by molar-refractivity contribution is -0.391. The molecule has 1 aromatic heterocycles. The minimum absolute atomic E-state index is 0.0919. The molecule has 1 fully saturated rings. The van der Waals surface area contributed by atoms with Crippen molar-refractivity contribution in [1.82, 2.24) is 9.47 Å². The van der Waals surface area contributed by atoms with E-state index in [1.54, 1.807) is 4.90 Å². The van der Waals surface area contributed by atoms with Crippen LogP contribution in [-0.4, -0.2) is 44.5 Å². The van der Waals surface area contributed by atoms with Gasteiger partial charge < -0.3 is 20.1 Å². The molecule has 0 radical (unpaired) electrons. The quantitative estimate of drug-likeness (QED) is 0.665. The van der Waals surface area contributed by atoms with E-state index in [2.05, 4.69) is 0 Å². The first-order valence-corrected chi connectivity index (χ1v) is 6.71. The van der Waals surface area contributed by atoms with Crippen molar-refractivity contribution in [2.24, 2.45) is 13.0 Å². The number of nitrogens with zero attached hydrogens (tertiary/aromatic N) is 3. The van der Waals surface area contributed by atoms with Crippen LogP contribution in [0.25, 0.3) is 0 Å². The van der Waals surface area contributed by atoms with E-state index in [1.165, 1.54) is 23.7 Å². The van der Waals surface area contributed by atoms with E-state index < -0.39 is 10.9 Å². The Bertz CT molecular complexity index is 572. The van der Waals surface area contributed by atoms with E-state index in [9.17, 15) is 19.7 Å². The largest absolute Gasteiger partial charge is 0.481 e. The third-order valence-electron chi connectivity index (χ3n) is 3.87. The van der Waals surface area contributed by atoms with Crippen molar-refractivity contribution in [1.29, 1.82) is 0 Å². The molecule has 1 amide bonds. The maximum absolute atomic E-state index is 12.4. The zero-order valence-electron chi connectivity index (χ0n) is 11.7. The summed E-state index contributed by atoms with van der Waals surface area (Å²) in [5.74, 6) is -1.11. The number of nitro groups is 1. The van der Waals surface area contributed by atoms with Gasteiger partial charge in [-0.05, 0) is 29.7 Å². The molecule has 0 aromatic carbocycles. The van der Waals surface area contributed by atoms with Crippen molar-refractivity contribution in [2.75, 3.05) is 13.1 Å². The Labute approximate surface area is 121 Å². The van der Waals surface area contributed by atoms with Gasteiger partial charge in [-0.25, -0.2) is 4.57 Å². The fourth-order valence-corrected chi connectivity index (χ4v) is 2.65. The molecule has 2 rings (SSSR count). The van der Waals surface area contributed by atoms with E-state index in [1.807, 2.05) is 0 Å². The average molecular weight is 295 g/mol. The fourth-order valence-electron chi connectivity index (χ4n) is 2.65. The summed E-state index contributed by atoms with van der Waals surface area (Å²) in [4.78, 5) is 34.9. The predicted octanol–water partition coefficient (Wildman–Crippen LogP) is 1.26. The lowest BCUT2D eigenvalue weighted by Crippen LogP contribution is -2.39. The summed E-state index contributed by atoms with van der Waals surface area (Å²) < 4.78 is 1.27. The highest BCUT2D eigenvalue weighted by atomic mass is 16.6. The van der Waals surface area contributed by atoms with Crippen molar-refractivity contribution in [3.63, 3.8) is 0 Å². The van der Waals surface area contributed by atoms with Crippen LogP contribution in [0.5, 0.6) is 0 Å². The van der Waals surface area contributed by atoms with Crippen LogP contribution < -0.4 is 0 Å². The van der Waals surface area contributed by atoms with Gasteiger partial charge in [0.15, 0.2) is 5.69 Å². The summed E-state index contributed by atoms with van der Waals surface area (Å²) in [6.45, 7) is 0.964. The average Bonchev–Trinajstić information content (AvgIpc) is 2.80. The van der Waals surface area contributed by atoms with Gasteiger partial charge in [0.25, 0.3) is 5.91 Å². The molecular formula is C13H17N3O5. The van der Waals surface area contributed by atoms with Gasteiger partial charge in [-0.15, -0.1) is 0 Å². The lowest BCUT2D eigenvalue weighted by Gasteiger charge is -2.30. The zero-order valence-corrected chi connectivity index (χ0v) is 11.7. The highest BCUT2D eigenvalue weighted by Gasteiger charge is 2.29. The Morgan fingerprint density at radius 1 is 1.38 bits per heavy atom. The molecular weight excluding hydrogens is 278 g/mol. The maximum atomic E-state index is 12.4. The van der Waals surface area contributed by atoms with E-state index in [-0.39, 0.29) is 29.8 Å². The molecule has 21 heavy (non-hydrogen) atoms. The summed E-state index contributed by atoms with van der Waals surface area (Å²) in [7, 11) is 1.49. The Balaban J connectivity index is 2.02. The zero-order chi connectivity index (χ0) is 15.6. The van der Waals surface area contributed by atoms with Crippen LogP contribution in [0.4, 0.5) is 5.82 Å². The fraction of sp³-hybridized carbons (Fsp3) is 0.538. The maximum Gasteiger partial charge on any atom is 0.323 e. The second-order valence-electron chi connectivity index (χ2n) is 5.23. The van der Waals surface area contributed by atoms with Gasteiger partial charge in [-0.1, -0.05) is 0 Å². The second-order valence-corrected chi connectivity index (χ2v) is 5.23. The molecule has 0 spiro atoms. The van der Waals surface area contributed by atoms with Crippen molar-refractivity contribution >= 4 is 17.7 Å². The number of hydrogen-bond acceptors (Lipinski definition) is 4. The van der Waals surface area contributed by atoms with Crippen molar-refractivity contribution in [2.45, 2.75) is 19.3 Å². The molecule has 1 aliphatic rings.